The van der Waals surface area contributed by atoms with Gasteiger partial charge in [-0.2, -0.15) is 0 Å². The van der Waals surface area contributed by atoms with Crippen molar-refractivity contribution in [2.24, 2.45) is 0 Å². The molecule has 0 amide bonds. The molecular weight excluding hydrogens is 296 g/mol. The summed E-state index contributed by atoms with van der Waals surface area (Å²) in [6.45, 7) is 6.29. The molecule has 0 saturated carbocycles. The second-order valence-electron chi connectivity index (χ2n) is 6.39. The first-order valence-corrected chi connectivity index (χ1v) is 8.11. The van der Waals surface area contributed by atoms with Gasteiger partial charge in [-0.25, -0.2) is 0 Å². The first-order valence-electron chi connectivity index (χ1n) is 8.11. The van der Waals surface area contributed by atoms with Gasteiger partial charge in [0.15, 0.2) is 0 Å². The van der Waals surface area contributed by atoms with Gasteiger partial charge < -0.3 is 9.72 Å². The van der Waals surface area contributed by atoms with Gasteiger partial charge in [0.25, 0.3) is 0 Å². The van der Waals surface area contributed by atoms with Gasteiger partial charge in [0.2, 0.25) is 0 Å². The van der Waals surface area contributed by atoms with Crippen molar-refractivity contribution in [2.75, 3.05) is 7.11 Å². The third-order valence-electron chi connectivity index (χ3n) is 4.58. The maximum atomic E-state index is 5.68. The third-order valence-corrected chi connectivity index (χ3v) is 4.58. The van der Waals surface area contributed by atoms with Crippen LogP contribution in [0.1, 0.15) is 16.8 Å². The molecule has 1 N–H and O–H groups in total. The molecule has 3 heteroatoms. The third kappa shape index (κ3) is 2.16. The molecule has 120 valence electrons. The first-order chi connectivity index (χ1) is 11.6. The minimum Gasteiger partial charge on any atom is -0.496 e. The number of aromatic amines is 1. The number of ether oxygens (including phenoxy) is 1. The number of nitrogens with one attached hydrogen (secondary N) is 1. The summed E-state index contributed by atoms with van der Waals surface area (Å²) in [5.41, 5.74) is 7.98. The highest BCUT2D eigenvalue weighted by Crippen LogP contribution is 2.40. The van der Waals surface area contributed by atoms with Crippen molar-refractivity contribution >= 4 is 21.8 Å². The fourth-order valence-electron chi connectivity index (χ4n) is 3.59. The zero-order chi connectivity index (χ0) is 16.8. The lowest BCUT2D eigenvalue weighted by Gasteiger charge is -2.12. The van der Waals surface area contributed by atoms with E-state index in [1.54, 1.807) is 7.11 Å². The van der Waals surface area contributed by atoms with Crippen LogP contribution in [0.3, 0.4) is 0 Å². The Morgan fingerprint density at radius 1 is 0.875 bits per heavy atom. The van der Waals surface area contributed by atoms with E-state index >= 15 is 0 Å². The predicted molar refractivity (Wildman–Crippen MR) is 99.8 cm³/mol. The first kappa shape index (κ1) is 14.8. The molecule has 2 aromatic heterocycles. The van der Waals surface area contributed by atoms with Crippen LogP contribution < -0.4 is 4.74 Å². The fraction of sp³-hybridized carbons (Fsp3) is 0.190. The van der Waals surface area contributed by atoms with Crippen LogP contribution in [0.25, 0.3) is 32.9 Å². The number of H-pyrrole nitrogens is 1. The largest absolute Gasteiger partial charge is 0.496 e. The summed E-state index contributed by atoms with van der Waals surface area (Å²) in [4.78, 5) is 8.00. The van der Waals surface area contributed by atoms with E-state index in [2.05, 4.69) is 60.2 Å². The standard InChI is InChI=1S/C21H20N2O/c1-12-9-13(2)11-15(10-12)19-18(24-4)6-5-16-17-7-8-22-14(3)20(17)23-21(16)19/h5-11,23H,1-4H3. The normalized spacial score (nSPS) is 11.3. The Bertz CT molecular complexity index is 1060. The summed E-state index contributed by atoms with van der Waals surface area (Å²) in [7, 11) is 1.72. The maximum Gasteiger partial charge on any atom is 0.128 e. The Hall–Kier alpha value is -2.81. The van der Waals surface area contributed by atoms with E-state index in [1.165, 1.54) is 27.5 Å². The van der Waals surface area contributed by atoms with Gasteiger partial charge in [-0.05, 0) is 44.5 Å². The van der Waals surface area contributed by atoms with Gasteiger partial charge >= 0.3 is 0 Å². The molecule has 4 rings (SSSR count). The zero-order valence-electron chi connectivity index (χ0n) is 14.4. The number of pyridine rings is 1. The number of nitrogens with zero attached hydrogens (tertiary/aromatic N) is 1. The lowest BCUT2D eigenvalue weighted by Crippen LogP contribution is -1.91. The molecule has 0 atom stereocenters. The molecular formula is C21H20N2O. The molecule has 0 bridgehead atoms. The van der Waals surface area contributed by atoms with E-state index in [1.807, 2.05) is 13.1 Å². The van der Waals surface area contributed by atoms with Gasteiger partial charge in [0.05, 0.1) is 23.8 Å². The molecule has 0 aliphatic rings. The van der Waals surface area contributed by atoms with Crippen LogP contribution in [0.15, 0.2) is 42.6 Å². The van der Waals surface area contributed by atoms with E-state index in [0.29, 0.717) is 0 Å². The number of hydrogen-bond donors (Lipinski definition) is 1. The molecule has 24 heavy (non-hydrogen) atoms. The summed E-state index contributed by atoms with van der Waals surface area (Å²) >= 11 is 0. The van der Waals surface area contributed by atoms with Crippen LogP contribution >= 0.6 is 0 Å². The van der Waals surface area contributed by atoms with Crippen LogP contribution in [-0.4, -0.2) is 17.1 Å². The smallest absolute Gasteiger partial charge is 0.128 e. The van der Waals surface area contributed by atoms with Crippen molar-refractivity contribution in [2.45, 2.75) is 20.8 Å². The highest BCUT2D eigenvalue weighted by molar-refractivity contribution is 6.13. The minimum atomic E-state index is 0.879. The summed E-state index contributed by atoms with van der Waals surface area (Å²) in [5.74, 6) is 0.879. The van der Waals surface area contributed by atoms with Crippen molar-refractivity contribution in [3.63, 3.8) is 0 Å². The molecule has 0 saturated heterocycles. The topological polar surface area (TPSA) is 37.9 Å². The lowest BCUT2D eigenvalue weighted by atomic mass is 9.97. The van der Waals surface area contributed by atoms with E-state index in [9.17, 15) is 0 Å². The van der Waals surface area contributed by atoms with Gasteiger partial charge in [0, 0.05) is 22.5 Å². The van der Waals surface area contributed by atoms with Gasteiger partial charge in [0.1, 0.15) is 5.75 Å². The van der Waals surface area contributed by atoms with Crippen molar-refractivity contribution in [1.29, 1.82) is 0 Å². The summed E-state index contributed by atoms with van der Waals surface area (Å²) in [6.07, 6.45) is 1.87. The Labute approximate surface area is 141 Å². The molecule has 0 aliphatic heterocycles. The Balaban J connectivity index is 2.16. The van der Waals surface area contributed by atoms with Gasteiger partial charge in [-0.15, -0.1) is 0 Å². The molecule has 2 heterocycles. The Kier molecular flexibility index (Phi) is 3.31. The highest BCUT2D eigenvalue weighted by atomic mass is 16.5. The van der Waals surface area contributed by atoms with Crippen LogP contribution in [-0.2, 0) is 0 Å². The Morgan fingerprint density at radius 3 is 2.29 bits per heavy atom. The second kappa shape index (κ2) is 5.38. The molecule has 2 aromatic carbocycles. The minimum absolute atomic E-state index is 0.879. The number of aryl methyl sites for hydroxylation is 3. The van der Waals surface area contributed by atoms with Crippen LogP contribution in [0, 0.1) is 20.8 Å². The van der Waals surface area contributed by atoms with E-state index in [0.717, 1.165) is 28.0 Å². The quantitative estimate of drug-likeness (QED) is 0.543. The van der Waals surface area contributed by atoms with Crippen molar-refractivity contribution < 1.29 is 4.74 Å². The maximum absolute atomic E-state index is 5.68. The van der Waals surface area contributed by atoms with Crippen molar-refractivity contribution in [3.8, 4) is 16.9 Å². The number of benzene rings is 2. The fourth-order valence-corrected chi connectivity index (χ4v) is 3.59. The molecule has 0 unspecified atom stereocenters. The molecule has 0 radical (unpaired) electrons. The van der Waals surface area contributed by atoms with Crippen LogP contribution in [0.5, 0.6) is 5.75 Å². The van der Waals surface area contributed by atoms with E-state index in [-0.39, 0.29) is 0 Å². The van der Waals surface area contributed by atoms with Gasteiger partial charge in [-0.1, -0.05) is 29.3 Å². The molecule has 0 aliphatic carbocycles. The van der Waals surface area contributed by atoms with Crippen molar-refractivity contribution in [3.05, 3.63) is 59.4 Å². The van der Waals surface area contributed by atoms with Crippen LogP contribution in [0.2, 0.25) is 0 Å². The Morgan fingerprint density at radius 2 is 1.58 bits per heavy atom. The monoisotopic (exact) mass is 316 g/mol. The average Bonchev–Trinajstić information content (AvgIpc) is 2.93. The predicted octanol–water partition coefficient (Wildman–Crippen LogP) is 5.32. The zero-order valence-corrected chi connectivity index (χ0v) is 14.4. The SMILES string of the molecule is COc1ccc2c([nH]c3c(C)nccc32)c1-c1cc(C)cc(C)c1. The molecule has 0 spiro atoms. The highest BCUT2D eigenvalue weighted by Gasteiger charge is 2.16. The van der Waals surface area contributed by atoms with E-state index in [4.69, 9.17) is 4.74 Å². The summed E-state index contributed by atoms with van der Waals surface area (Å²) < 4.78 is 5.68. The average molecular weight is 316 g/mol. The van der Waals surface area contributed by atoms with Crippen LogP contribution in [0.4, 0.5) is 0 Å². The number of rotatable bonds is 2. The molecule has 0 fully saturated rings. The lowest BCUT2D eigenvalue weighted by molar-refractivity contribution is 0.417. The summed E-state index contributed by atoms with van der Waals surface area (Å²) in [6, 6.07) is 12.9. The number of aromatic nitrogens is 2. The number of hydrogen-bond acceptors (Lipinski definition) is 2. The molecule has 3 nitrogen and oxygen atoms in total. The summed E-state index contributed by atoms with van der Waals surface area (Å²) in [5, 5.41) is 2.40. The van der Waals surface area contributed by atoms with E-state index < -0.39 is 0 Å². The van der Waals surface area contributed by atoms with Crippen molar-refractivity contribution in [1.82, 2.24) is 9.97 Å². The number of methoxy groups -OCH3 is 1. The number of fused-ring (bicyclic) bond motifs is 3. The molecule has 4 aromatic rings. The van der Waals surface area contributed by atoms with Gasteiger partial charge in [-0.3, -0.25) is 4.98 Å². The second-order valence-corrected chi connectivity index (χ2v) is 6.39.